The molecule has 1 aromatic rings. The van der Waals surface area contributed by atoms with E-state index in [0.717, 1.165) is 3.57 Å². The lowest BCUT2D eigenvalue weighted by Gasteiger charge is -2.11. The van der Waals surface area contributed by atoms with E-state index in [1.807, 2.05) is 0 Å². The van der Waals surface area contributed by atoms with Crippen molar-refractivity contribution in [1.82, 2.24) is 10.2 Å². The highest BCUT2D eigenvalue weighted by molar-refractivity contribution is 14.1. The van der Waals surface area contributed by atoms with E-state index >= 15 is 0 Å². The van der Waals surface area contributed by atoms with Crippen LogP contribution in [0.4, 0.5) is 0 Å². The van der Waals surface area contributed by atoms with Crippen LogP contribution < -0.4 is 5.32 Å². The molecule has 1 rings (SSSR count). The first kappa shape index (κ1) is 14.2. The average Bonchev–Trinajstić information content (AvgIpc) is 2.28. The van der Waals surface area contributed by atoms with Crippen LogP contribution in [0.15, 0.2) is 18.2 Å². The summed E-state index contributed by atoms with van der Waals surface area (Å²) < 4.78 is 0.880. The third-order valence-electron chi connectivity index (χ3n) is 2.08. The van der Waals surface area contributed by atoms with E-state index in [1.54, 1.807) is 32.3 Å². The highest BCUT2D eigenvalue weighted by Gasteiger charge is 2.10. The van der Waals surface area contributed by atoms with Gasteiger partial charge in [0, 0.05) is 23.2 Å². The average molecular weight is 367 g/mol. The fourth-order valence-corrected chi connectivity index (χ4v) is 1.57. The van der Waals surface area contributed by atoms with Crippen molar-refractivity contribution in [3.63, 3.8) is 0 Å². The first-order valence-corrected chi connectivity index (χ1v) is 6.31. The molecule has 4 nitrogen and oxygen atoms in total. The number of amides is 2. The van der Waals surface area contributed by atoms with Gasteiger partial charge in [-0.2, -0.15) is 0 Å². The lowest BCUT2D eigenvalue weighted by Crippen LogP contribution is -2.36. The summed E-state index contributed by atoms with van der Waals surface area (Å²) in [7, 11) is 3.27. The maximum atomic E-state index is 11.7. The van der Waals surface area contributed by atoms with Gasteiger partial charge in [-0.05, 0) is 40.8 Å². The standard InChI is InChI=1S/C11H12ClIN2O2/c1-15(2)10(16)6-14-11(17)7-3-4-9(13)8(12)5-7/h3-5H,6H2,1-2H3,(H,14,17). The van der Waals surface area contributed by atoms with Gasteiger partial charge < -0.3 is 10.2 Å². The third-order valence-corrected chi connectivity index (χ3v) is 3.65. The molecule has 0 bridgehead atoms. The van der Waals surface area contributed by atoms with Crippen LogP contribution in [0.1, 0.15) is 10.4 Å². The van der Waals surface area contributed by atoms with Crippen molar-refractivity contribution in [3.05, 3.63) is 32.4 Å². The molecule has 0 saturated carbocycles. The second-order valence-corrected chi connectivity index (χ2v) is 5.17. The molecule has 0 saturated heterocycles. The van der Waals surface area contributed by atoms with E-state index < -0.39 is 0 Å². The molecular formula is C11H12ClIN2O2. The number of carbonyl (C=O) groups excluding carboxylic acids is 2. The lowest BCUT2D eigenvalue weighted by molar-refractivity contribution is -0.127. The predicted octanol–water partition coefficient (Wildman–Crippen LogP) is 1.76. The van der Waals surface area contributed by atoms with Crippen molar-refractivity contribution in [2.75, 3.05) is 20.6 Å². The molecule has 0 atom stereocenters. The molecule has 1 aromatic carbocycles. The van der Waals surface area contributed by atoms with Crippen molar-refractivity contribution < 1.29 is 9.59 Å². The maximum absolute atomic E-state index is 11.7. The number of hydrogen-bond acceptors (Lipinski definition) is 2. The highest BCUT2D eigenvalue weighted by atomic mass is 127. The van der Waals surface area contributed by atoms with Gasteiger partial charge >= 0.3 is 0 Å². The quantitative estimate of drug-likeness (QED) is 0.829. The van der Waals surface area contributed by atoms with Crippen LogP contribution >= 0.6 is 34.2 Å². The molecule has 92 valence electrons. The molecule has 6 heteroatoms. The number of carbonyl (C=O) groups is 2. The Bertz CT molecular complexity index is 449. The van der Waals surface area contributed by atoms with E-state index in [9.17, 15) is 9.59 Å². The zero-order valence-corrected chi connectivity index (χ0v) is 12.4. The van der Waals surface area contributed by atoms with Crippen molar-refractivity contribution >= 4 is 46.0 Å². The molecule has 2 amide bonds. The van der Waals surface area contributed by atoms with E-state index in [4.69, 9.17) is 11.6 Å². The molecule has 1 N–H and O–H groups in total. The summed E-state index contributed by atoms with van der Waals surface area (Å²) in [5.74, 6) is -0.464. The summed E-state index contributed by atoms with van der Waals surface area (Å²) in [5.41, 5.74) is 0.446. The van der Waals surface area contributed by atoms with Gasteiger partial charge in [0.05, 0.1) is 11.6 Å². The smallest absolute Gasteiger partial charge is 0.251 e. The number of nitrogens with one attached hydrogen (secondary N) is 1. The Morgan fingerprint density at radius 3 is 2.59 bits per heavy atom. The van der Waals surface area contributed by atoms with Crippen LogP contribution in [-0.4, -0.2) is 37.4 Å². The van der Waals surface area contributed by atoms with Crippen LogP contribution in [0.2, 0.25) is 5.02 Å². The molecule has 0 unspecified atom stereocenters. The largest absolute Gasteiger partial charge is 0.347 e. The van der Waals surface area contributed by atoms with Gasteiger partial charge in [-0.25, -0.2) is 0 Å². The second kappa shape index (κ2) is 6.20. The van der Waals surface area contributed by atoms with Gasteiger partial charge in [0.25, 0.3) is 5.91 Å². The Hall–Kier alpha value is -0.820. The Morgan fingerprint density at radius 1 is 1.41 bits per heavy atom. The van der Waals surface area contributed by atoms with Crippen molar-refractivity contribution in [2.45, 2.75) is 0 Å². The van der Waals surface area contributed by atoms with Gasteiger partial charge in [0.15, 0.2) is 0 Å². The Labute approximate surface area is 118 Å². The first-order chi connectivity index (χ1) is 7.91. The molecular weight excluding hydrogens is 354 g/mol. The molecule has 17 heavy (non-hydrogen) atoms. The molecule has 0 aliphatic heterocycles. The summed E-state index contributed by atoms with van der Waals surface area (Å²) in [6.45, 7) is -0.0184. The van der Waals surface area contributed by atoms with Crippen LogP contribution in [0.5, 0.6) is 0 Å². The SMILES string of the molecule is CN(C)C(=O)CNC(=O)c1ccc(I)c(Cl)c1. The zero-order valence-electron chi connectivity index (χ0n) is 9.46. The normalized spacial score (nSPS) is 9.88. The predicted molar refractivity (Wildman–Crippen MR) is 75.2 cm³/mol. The molecule has 0 fully saturated rings. The summed E-state index contributed by atoms with van der Waals surface area (Å²) in [4.78, 5) is 24.4. The second-order valence-electron chi connectivity index (χ2n) is 3.60. The Kier molecular flexibility index (Phi) is 5.20. The van der Waals surface area contributed by atoms with Crippen LogP contribution in [0.3, 0.4) is 0 Å². The van der Waals surface area contributed by atoms with Crippen molar-refractivity contribution in [2.24, 2.45) is 0 Å². The van der Waals surface area contributed by atoms with E-state index in [1.165, 1.54) is 4.90 Å². The minimum atomic E-state index is -0.307. The number of likely N-dealkylation sites (N-methyl/N-ethyl adjacent to an activating group) is 1. The van der Waals surface area contributed by atoms with Gasteiger partial charge in [-0.3, -0.25) is 9.59 Å². The summed E-state index contributed by atoms with van der Waals surface area (Å²) >= 11 is 7.99. The number of hydrogen-bond donors (Lipinski definition) is 1. The Balaban J connectivity index is 2.64. The topological polar surface area (TPSA) is 49.4 Å². The number of benzene rings is 1. The number of nitrogens with zero attached hydrogens (tertiary/aromatic N) is 1. The molecule has 0 aliphatic carbocycles. The van der Waals surface area contributed by atoms with Gasteiger partial charge in [-0.1, -0.05) is 11.6 Å². The molecule has 0 radical (unpaired) electrons. The fraction of sp³-hybridized carbons (Fsp3) is 0.273. The van der Waals surface area contributed by atoms with Gasteiger partial charge in [0.2, 0.25) is 5.91 Å². The highest BCUT2D eigenvalue weighted by Crippen LogP contribution is 2.19. The van der Waals surface area contributed by atoms with Gasteiger partial charge in [-0.15, -0.1) is 0 Å². The van der Waals surface area contributed by atoms with Crippen LogP contribution in [0.25, 0.3) is 0 Å². The first-order valence-electron chi connectivity index (χ1n) is 4.85. The maximum Gasteiger partial charge on any atom is 0.251 e. The van der Waals surface area contributed by atoms with E-state index in [2.05, 4.69) is 27.9 Å². The number of rotatable bonds is 3. The summed E-state index contributed by atoms with van der Waals surface area (Å²) in [6, 6.07) is 5.01. The Morgan fingerprint density at radius 2 is 2.06 bits per heavy atom. The minimum Gasteiger partial charge on any atom is -0.347 e. The third kappa shape index (κ3) is 4.16. The molecule has 0 aliphatic rings. The minimum absolute atomic E-state index is 0.0184. The molecule has 0 aromatic heterocycles. The summed E-state index contributed by atoms with van der Waals surface area (Å²) in [6.07, 6.45) is 0. The number of halogens is 2. The van der Waals surface area contributed by atoms with E-state index in [0.29, 0.717) is 10.6 Å². The lowest BCUT2D eigenvalue weighted by atomic mass is 10.2. The van der Waals surface area contributed by atoms with Gasteiger partial charge in [0.1, 0.15) is 0 Å². The van der Waals surface area contributed by atoms with Crippen molar-refractivity contribution in [3.8, 4) is 0 Å². The fourth-order valence-electron chi connectivity index (χ4n) is 1.05. The monoisotopic (exact) mass is 366 g/mol. The van der Waals surface area contributed by atoms with Crippen molar-refractivity contribution in [1.29, 1.82) is 0 Å². The van der Waals surface area contributed by atoms with Crippen LogP contribution in [0, 0.1) is 3.57 Å². The summed E-state index contributed by atoms with van der Waals surface area (Å²) in [5, 5.41) is 3.06. The molecule has 0 spiro atoms. The molecule has 0 heterocycles. The van der Waals surface area contributed by atoms with Crippen LogP contribution in [-0.2, 0) is 4.79 Å². The van der Waals surface area contributed by atoms with E-state index in [-0.39, 0.29) is 18.4 Å². The zero-order chi connectivity index (χ0) is 13.0.